The van der Waals surface area contributed by atoms with Crippen LogP contribution >= 0.6 is 0 Å². The third-order valence-electron chi connectivity index (χ3n) is 4.27. The highest BCUT2D eigenvalue weighted by Crippen LogP contribution is 2.23. The van der Waals surface area contributed by atoms with Crippen LogP contribution in [0.1, 0.15) is 18.4 Å². The fourth-order valence-electron chi connectivity index (χ4n) is 2.94. The molecule has 2 rings (SSSR count). The number of hydrogen-bond donors (Lipinski definition) is 1. The van der Waals surface area contributed by atoms with E-state index in [1.165, 1.54) is 5.56 Å². The second kappa shape index (κ2) is 8.15. The minimum absolute atomic E-state index is 0.00440. The molecule has 1 heterocycles. The summed E-state index contributed by atoms with van der Waals surface area (Å²) in [7, 11) is 3.24. The zero-order valence-corrected chi connectivity index (χ0v) is 13.5. The Kier molecular flexibility index (Phi) is 6.21. The molecule has 122 valence electrons. The molecule has 5 heteroatoms. The van der Waals surface area contributed by atoms with Crippen LogP contribution in [0.2, 0.25) is 0 Å². The van der Waals surface area contributed by atoms with Gasteiger partial charge in [-0.3, -0.25) is 4.79 Å². The van der Waals surface area contributed by atoms with Gasteiger partial charge in [-0.2, -0.15) is 0 Å². The van der Waals surface area contributed by atoms with Gasteiger partial charge in [0.05, 0.1) is 13.7 Å². The van der Waals surface area contributed by atoms with E-state index < -0.39 is 6.04 Å². The van der Waals surface area contributed by atoms with Crippen LogP contribution in [0, 0.1) is 5.92 Å². The summed E-state index contributed by atoms with van der Waals surface area (Å²) < 4.78 is 10.1. The second-order valence-electron chi connectivity index (χ2n) is 5.88. The maximum atomic E-state index is 12.1. The van der Waals surface area contributed by atoms with E-state index in [4.69, 9.17) is 15.2 Å². The molecule has 5 nitrogen and oxygen atoms in total. The van der Waals surface area contributed by atoms with Gasteiger partial charge in [-0.05, 0) is 42.9 Å². The minimum Gasteiger partial charge on any atom is -0.497 e. The van der Waals surface area contributed by atoms with Crippen LogP contribution in [0.25, 0.3) is 0 Å². The molecule has 1 aromatic rings. The lowest BCUT2D eigenvalue weighted by Crippen LogP contribution is -2.49. The summed E-state index contributed by atoms with van der Waals surface area (Å²) in [5.41, 5.74) is 7.14. The number of methoxy groups -OCH3 is 2. The van der Waals surface area contributed by atoms with Gasteiger partial charge in [0.25, 0.3) is 0 Å². The molecule has 1 unspecified atom stereocenters. The molecule has 0 bridgehead atoms. The summed E-state index contributed by atoms with van der Waals surface area (Å²) in [6.45, 7) is 1.86. The van der Waals surface area contributed by atoms with Crippen molar-refractivity contribution in [3.63, 3.8) is 0 Å². The number of nitrogens with two attached hydrogens (primary N) is 1. The molecule has 22 heavy (non-hydrogen) atoms. The minimum atomic E-state index is -0.539. The molecule has 0 aliphatic carbocycles. The molecule has 0 spiro atoms. The summed E-state index contributed by atoms with van der Waals surface area (Å²) in [5.74, 6) is 1.51. The van der Waals surface area contributed by atoms with Gasteiger partial charge in [0, 0.05) is 20.2 Å². The normalized spacial score (nSPS) is 17.3. The van der Waals surface area contributed by atoms with Crippen molar-refractivity contribution < 1.29 is 14.3 Å². The Morgan fingerprint density at radius 2 is 1.91 bits per heavy atom. The van der Waals surface area contributed by atoms with Crippen molar-refractivity contribution in [2.45, 2.75) is 25.3 Å². The third kappa shape index (κ3) is 4.45. The molecular formula is C17H26N2O3. The van der Waals surface area contributed by atoms with Gasteiger partial charge >= 0.3 is 0 Å². The Labute approximate surface area is 132 Å². The molecule has 1 atom stereocenters. The largest absolute Gasteiger partial charge is 0.497 e. The Hall–Kier alpha value is -1.59. The molecule has 2 N–H and O–H groups in total. The number of benzene rings is 1. The van der Waals surface area contributed by atoms with Crippen LogP contribution in [0.3, 0.4) is 0 Å². The summed E-state index contributed by atoms with van der Waals surface area (Å²) in [6.07, 6.45) is 3.10. The summed E-state index contributed by atoms with van der Waals surface area (Å²) in [6, 6.07) is 7.69. The third-order valence-corrected chi connectivity index (χ3v) is 4.27. The van der Waals surface area contributed by atoms with Gasteiger partial charge in [-0.15, -0.1) is 0 Å². The number of ether oxygens (including phenoxy) is 2. The van der Waals surface area contributed by atoms with Gasteiger partial charge in [0.1, 0.15) is 11.8 Å². The van der Waals surface area contributed by atoms with Crippen molar-refractivity contribution in [2.24, 2.45) is 11.7 Å². The molecule has 1 fully saturated rings. The number of rotatable bonds is 6. The molecule has 0 saturated carbocycles. The monoisotopic (exact) mass is 306 g/mol. The highest BCUT2D eigenvalue weighted by Gasteiger charge is 2.26. The summed E-state index contributed by atoms with van der Waals surface area (Å²) in [5, 5.41) is 0. The lowest BCUT2D eigenvalue weighted by Gasteiger charge is -2.33. The Bertz CT molecular complexity index is 467. The molecule has 1 aliphatic heterocycles. The average molecular weight is 306 g/mol. The van der Waals surface area contributed by atoms with Crippen molar-refractivity contribution in [3.05, 3.63) is 29.8 Å². The Morgan fingerprint density at radius 1 is 1.27 bits per heavy atom. The number of likely N-dealkylation sites (tertiary alicyclic amines) is 1. The number of carbonyl (C=O) groups excluding carboxylic acids is 1. The van der Waals surface area contributed by atoms with Crippen LogP contribution in [0.15, 0.2) is 24.3 Å². The quantitative estimate of drug-likeness (QED) is 0.864. The van der Waals surface area contributed by atoms with Crippen LogP contribution in [0.4, 0.5) is 0 Å². The Balaban J connectivity index is 1.80. The molecule has 1 aromatic carbocycles. The van der Waals surface area contributed by atoms with E-state index in [1.54, 1.807) is 14.2 Å². The molecule has 1 aliphatic rings. The van der Waals surface area contributed by atoms with E-state index in [2.05, 4.69) is 12.1 Å². The van der Waals surface area contributed by atoms with Crippen LogP contribution in [-0.4, -0.2) is 50.8 Å². The Morgan fingerprint density at radius 3 is 2.45 bits per heavy atom. The first-order valence-electron chi connectivity index (χ1n) is 7.80. The molecule has 0 radical (unpaired) electrons. The fraction of sp³-hybridized carbons (Fsp3) is 0.588. The van der Waals surface area contributed by atoms with Gasteiger partial charge in [0.2, 0.25) is 5.91 Å². The average Bonchev–Trinajstić information content (AvgIpc) is 2.56. The first-order chi connectivity index (χ1) is 10.6. The molecule has 0 aromatic heterocycles. The van der Waals surface area contributed by atoms with E-state index in [1.807, 2.05) is 17.0 Å². The standard InChI is InChI=1S/C17H26N2O3/c1-21-12-16(18)17(20)19-9-7-14(8-10-19)11-13-3-5-15(22-2)6-4-13/h3-6,14,16H,7-12,18H2,1-2H3. The molecule has 1 saturated heterocycles. The van der Waals surface area contributed by atoms with Gasteiger partial charge in [-0.1, -0.05) is 12.1 Å². The van der Waals surface area contributed by atoms with E-state index in [-0.39, 0.29) is 12.5 Å². The van der Waals surface area contributed by atoms with E-state index in [0.717, 1.165) is 38.1 Å². The maximum absolute atomic E-state index is 12.1. The number of piperidine rings is 1. The topological polar surface area (TPSA) is 64.8 Å². The first-order valence-corrected chi connectivity index (χ1v) is 7.80. The number of hydrogen-bond acceptors (Lipinski definition) is 4. The summed E-state index contributed by atoms with van der Waals surface area (Å²) in [4.78, 5) is 14.0. The van der Waals surface area contributed by atoms with Crippen molar-refractivity contribution in [1.82, 2.24) is 4.90 Å². The van der Waals surface area contributed by atoms with Crippen LogP contribution in [0.5, 0.6) is 5.75 Å². The van der Waals surface area contributed by atoms with E-state index in [0.29, 0.717) is 5.92 Å². The van der Waals surface area contributed by atoms with Gasteiger partial charge in [0.15, 0.2) is 0 Å². The highest BCUT2D eigenvalue weighted by atomic mass is 16.5. The summed E-state index contributed by atoms with van der Waals surface area (Å²) >= 11 is 0. The van der Waals surface area contributed by atoms with Crippen LogP contribution < -0.4 is 10.5 Å². The predicted molar refractivity (Wildman–Crippen MR) is 85.9 cm³/mol. The van der Waals surface area contributed by atoms with E-state index >= 15 is 0 Å². The number of carbonyl (C=O) groups is 1. The van der Waals surface area contributed by atoms with Gasteiger partial charge in [-0.25, -0.2) is 0 Å². The second-order valence-corrected chi connectivity index (χ2v) is 5.88. The predicted octanol–water partition coefficient (Wildman–Crippen LogP) is 1.45. The van der Waals surface area contributed by atoms with Crippen LogP contribution in [-0.2, 0) is 16.0 Å². The van der Waals surface area contributed by atoms with E-state index in [9.17, 15) is 4.79 Å². The lowest BCUT2D eigenvalue weighted by molar-refractivity contribution is -0.135. The zero-order valence-electron chi connectivity index (χ0n) is 13.5. The smallest absolute Gasteiger partial charge is 0.241 e. The first kappa shape index (κ1) is 16.8. The SMILES string of the molecule is COCC(N)C(=O)N1CCC(Cc2ccc(OC)cc2)CC1. The highest BCUT2D eigenvalue weighted by molar-refractivity contribution is 5.81. The maximum Gasteiger partial charge on any atom is 0.241 e. The van der Waals surface area contributed by atoms with Gasteiger partial charge < -0.3 is 20.1 Å². The number of amides is 1. The number of nitrogens with zero attached hydrogens (tertiary/aromatic N) is 1. The fourth-order valence-corrected chi connectivity index (χ4v) is 2.94. The molecular weight excluding hydrogens is 280 g/mol. The van der Waals surface area contributed by atoms with Crippen molar-refractivity contribution in [3.8, 4) is 5.75 Å². The van der Waals surface area contributed by atoms with Crippen molar-refractivity contribution >= 4 is 5.91 Å². The van der Waals surface area contributed by atoms with Crippen molar-refractivity contribution in [2.75, 3.05) is 33.9 Å². The zero-order chi connectivity index (χ0) is 15.9. The molecule has 1 amide bonds. The van der Waals surface area contributed by atoms with Crippen molar-refractivity contribution in [1.29, 1.82) is 0 Å². The lowest BCUT2D eigenvalue weighted by atomic mass is 9.90.